The van der Waals surface area contributed by atoms with E-state index in [1.54, 1.807) is 7.05 Å². The summed E-state index contributed by atoms with van der Waals surface area (Å²) < 4.78 is 5.36. The van der Waals surface area contributed by atoms with Gasteiger partial charge in [0.1, 0.15) is 0 Å². The second kappa shape index (κ2) is 5.98. The van der Waals surface area contributed by atoms with Crippen LogP contribution in [0.1, 0.15) is 19.8 Å². The van der Waals surface area contributed by atoms with E-state index in [9.17, 15) is 4.79 Å². The predicted molar refractivity (Wildman–Crippen MR) is 55.2 cm³/mol. The molecule has 0 aromatic heterocycles. The number of carbonyl (C=O) groups excluding carboxylic acids is 1. The summed E-state index contributed by atoms with van der Waals surface area (Å²) in [5.74, 6) is 0.190. The molecule has 1 amide bonds. The molecule has 1 saturated heterocycles. The monoisotopic (exact) mass is 200 g/mol. The number of hydrogen-bond donors (Lipinski definition) is 1. The van der Waals surface area contributed by atoms with Crippen LogP contribution in [0, 0.1) is 0 Å². The SMILES string of the molecule is CCOCC1CCCN1C(=O)CNC. The minimum Gasteiger partial charge on any atom is -0.380 e. The fourth-order valence-corrected chi connectivity index (χ4v) is 1.84. The number of amides is 1. The van der Waals surface area contributed by atoms with Gasteiger partial charge in [0.2, 0.25) is 5.91 Å². The normalized spacial score (nSPS) is 21.6. The van der Waals surface area contributed by atoms with Crippen LogP contribution in [-0.4, -0.2) is 50.2 Å². The van der Waals surface area contributed by atoms with Gasteiger partial charge in [0.25, 0.3) is 0 Å². The lowest BCUT2D eigenvalue weighted by molar-refractivity contribution is -0.132. The van der Waals surface area contributed by atoms with Crippen molar-refractivity contribution in [2.75, 3.05) is 33.4 Å². The van der Waals surface area contributed by atoms with Crippen LogP contribution in [0.5, 0.6) is 0 Å². The van der Waals surface area contributed by atoms with Gasteiger partial charge in [0.05, 0.1) is 19.2 Å². The molecule has 1 aliphatic rings. The first-order chi connectivity index (χ1) is 6.79. The Morgan fingerprint density at radius 1 is 1.64 bits per heavy atom. The van der Waals surface area contributed by atoms with Gasteiger partial charge in [0.15, 0.2) is 0 Å². The highest BCUT2D eigenvalue weighted by Crippen LogP contribution is 2.17. The average molecular weight is 200 g/mol. The van der Waals surface area contributed by atoms with Gasteiger partial charge in [-0.2, -0.15) is 0 Å². The minimum absolute atomic E-state index is 0.190. The summed E-state index contributed by atoms with van der Waals surface area (Å²) in [4.78, 5) is 13.6. The Morgan fingerprint density at radius 3 is 3.07 bits per heavy atom. The number of likely N-dealkylation sites (N-methyl/N-ethyl adjacent to an activating group) is 1. The first-order valence-corrected chi connectivity index (χ1v) is 5.31. The van der Waals surface area contributed by atoms with Crippen LogP contribution >= 0.6 is 0 Å². The number of ether oxygens (including phenoxy) is 1. The van der Waals surface area contributed by atoms with Crippen molar-refractivity contribution in [3.63, 3.8) is 0 Å². The molecule has 4 heteroatoms. The largest absolute Gasteiger partial charge is 0.380 e. The molecule has 0 radical (unpaired) electrons. The van der Waals surface area contributed by atoms with E-state index in [0.29, 0.717) is 19.2 Å². The van der Waals surface area contributed by atoms with E-state index in [0.717, 1.165) is 26.0 Å². The van der Waals surface area contributed by atoms with Crippen LogP contribution in [0.15, 0.2) is 0 Å². The zero-order chi connectivity index (χ0) is 10.4. The quantitative estimate of drug-likeness (QED) is 0.691. The maximum absolute atomic E-state index is 11.6. The Labute approximate surface area is 85.6 Å². The summed E-state index contributed by atoms with van der Waals surface area (Å²) in [7, 11) is 1.80. The van der Waals surface area contributed by atoms with Gasteiger partial charge in [-0.3, -0.25) is 4.79 Å². The van der Waals surface area contributed by atoms with E-state index in [2.05, 4.69) is 5.32 Å². The lowest BCUT2D eigenvalue weighted by Crippen LogP contribution is -2.42. The number of nitrogens with one attached hydrogen (secondary N) is 1. The number of rotatable bonds is 5. The maximum atomic E-state index is 11.6. The van der Waals surface area contributed by atoms with Crippen molar-refractivity contribution >= 4 is 5.91 Å². The van der Waals surface area contributed by atoms with Gasteiger partial charge >= 0.3 is 0 Å². The van der Waals surface area contributed by atoms with Gasteiger partial charge in [-0.15, -0.1) is 0 Å². The van der Waals surface area contributed by atoms with E-state index in [-0.39, 0.29) is 5.91 Å². The summed E-state index contributed by atoms with van der Waals surface area (Å²) in [6, 6.07) is 0.302. The van der Waals surface area contributed by atoms with Crippen molar-refractivity contribution in [3.8, 4) is 0 Å². The van der Waals surface area contributed by atoms with Gasteiger partial charge in [-0.05, 0) is 26.8 Å². The molecular weight excluding hydrogens is 180 g/mol. The molecule has 0 bridgehead atoms. The van der Waals surface area contributed by atoms with Crippen LogP contribution in [0.2, 0.25) is 0 Å². The van der Waals surface area contributed by atoms with Crippen molar-refractivity contribution in [3.05, 3.63) is 0 Å². The van der Waals surface area contributed by atoms with Gasteiger partial charge in [-0.25, -0.2) is 0 Å². The molecule has 82 valence electrons. The van der Waals surface area contributed by atoms with Crippen LogP contribution in [0.4, 0.5) is 0 Å². The van der Waals surface area contributed by atoms with Gasteiger partial charge in [0, 0.05) is 13.2 Å². The van der Waals surface area contributed by atoms with Gasteiger partial charge in [-0.1, -0.05) is 0 Å². The summed E-state index contributed by atoms with van der Waals surface area (Å²) >= 11 is 0. The first-order valence-electron chi connectivity index (χ1n) is 5.31. The van der Waals surface area contributed by atoms with Crippen molar-refractivity contribution < 1.29 is 9.53 Å². The molecule has 1 aliphatic heterocycles. The number of carbonyl (C=O) groups is 1. The molecule has 0 aromatic rings. The van der Waals surface area contributed by atoms with Crippen LogP contribution in [0.3, 0.4) is 0 Å². The lowest BCUT2D eigenvalue weighted by Gasteiger charge is -2.24. The van der Waals surface area contributed by atoms with Crippen LogP contribution in [-0.2, 0) is 9.53 Å². The second-order valence-corrected chi connectivity index (χ2v) is 3.57. The smallest absolute Gasteiger partial charge is 0.236 e. The summed E-state index contributed by atoms with van der Waals surface area (Å²) in [5, 5.41) is 2.89. The standard InChI is InChI=1S/C10H20N2O2/c1-3-14-8-9-5-4-6-12(9)10(13)7-11-2/h9,11H,3-8H2,1-2H3. The van der Waals surface area contributed by atoms with E-state index in [1.807, 2.05) is 11.8 Å². The third-order valence-corrected chi connectivity index (χ3v) is 2.54. The Kier molecular flexibility index (Phi) is 4.90. The topological polar surface area (TPSA) is 41.6 Å². The molecular formula is C10H20N2O2. The highest BCUT2D eigenvalue weighted by molar-refractivity contribution is 5.78. The maximum Gasteiger partial charge on any atom is 0.236 e. The molecule has 0 aliphatic carbocycles. The van der Waals surface area contributed by atoms with Crippen molar-refractivity contribution in [1.82, 2.24) is 10.2 Å². The molecule has 0 spiro atoms. The average Bonchev–Trinajstić information content (AvgIpc) is 2.63. The Bertz CT molecular complexity index is 185. The van der Waals surface area contributed by atoms with E-state index in [1.165, 1.54) is 0 Å². The molecule has 14 heavy (non-hydrogen) atoms. The molecule has 1 unspecified atom stereocenters. The molecule has 1 rings (SSSR count). The minimum atomic E-state index is 0.190. The van der Waals surface area contributed by atoms with Crippen molar-refractivity contribution in [2.24, 2.45) is 0 Å². The van der Waals surface area contributed by atoms with Crippen LogP contribution in [0.25, 0.3) is 0 Å². The zero-order valence-electron chi connectivity index (χ0n) is 9.08. The Balaban J connectivity index is 2.38. The summed E-state index contributed by atoms with van der Waals surface area (Å²) in [6.07, 6.45) is 2.18. The molecule has 4 nitrogen and oxygen atoms in total. The number of likely N-dealkylation sites (tertiary alicyclic amines) is 1. The summed E-state index contributed by atoms with van der Waals surface area (Å²) in [6.45, 7) is 4.71. The Hall–Kier alpha value is -0.610. The molecule has 1 heterocycles. The van der Waals surface area contributed by atoms with E-state index < -0.39 is 0 Å². The molecule has 0 aromatic carbocycles. The van der Waals surface area contributed by atoms with E-state index >= 15 is 0 Å². The first kappa shape index (κ1) is 11.5. The molecule has 1 N–H and O–H groups in total. The molecule has 1 atom stereocenters. The number of hydrogen-bond acceptors (Lipinski definition) is 3. The fraction of sp³-hybridized carbons (Fsp3) is 0.900. The lowest BCUT2D eigenvalue weighted by atomic mass is 10.2. The molecule has 1 fully saturated rings. The third kappa shape index (κ3) is 2.96. The highest BCUT2D eigenvalue weighted by atomic mass is 16.5. The zero-order valence-corrected chi connectivity index (χ0v) is 9.08. The van der Waals surface area contributed by atoms with Crippen molar-refractivity contribution in [1.29, 1.82) is 0 Å². The predicted octanol–water partition coefficient (Wildman–Crippen LogP) is 0.233. The van der Waals surface area contributed by atoms with Crippen molar-refractivity contribution in [2.45, 2.75) is 25.8 Å². The van der Waals surface area contributed by atoms with E-state index in [4.69, 9.17) is 4.74 Å². The highest BCUT2D eigenvalue weighted by Gasteiger charge is 2.27. The molecule has 0 saturated carbocycles. The fourth-order valence-electron chi connectivity index (χ4n) is 1.84. The second-order valence-electron chi connectivity index (χ2n) is 3.57. The number of nitrogens with zero attached hydrogens (tertiary/aromatic N) is 1. The third-order valence-electron chi connectivity index (χ3n) is 2.54. The van der Waals surface area contributed by atoms with Crippen LogP contribution < -0.4 is 5.32 Å². The summed E-state index contributed by atoms with van der Waals surface area (Å²) in [5.41, 5.74) is 0. The Morgan fingerprint density at radius 2 is 2.43 bits per heavy atom. The van der Waals surface area contributed by atoms with Gasteiger partial charge < -0.3 is 15.0 Å².